The molecular weight excluding hydrogens is 394 g/mol. The summed E-state index contributed by atoms with van der Waals surface area (Å²) in [4.78, 5) is 21.1. The Morgan fingerprint density at radius 1 is 1.03 bits per heavy atom. The number of carbonyl (C=O) groups excluding carboxylic acids is 1. The van der Waals surface area contributed by atoms with Crippen LogP contribution in [-0.2, 0) is 0 Å². The van der Waals surface area contributed by atoms with Crippen molar-refractivity contribution in [3.8, 4) is 10.6 Å². The summed E-state index contributed by atoms with van der Waals surface area (Å²) in [6, 6.07) is 23.1. The number of amides is 1. The van der Waals surface area contributed by atoms with E-state index in [0.29, 0.717) is 11.3 Å². The fourth-order valence-electron chi connectivity index (χ4n) is 3.28. The molecule has 146 valence electrons. The van der Waals surface area contributed by atoms with Gasteiger partial charge in [-0.3, -0.25) is 4.79 Å². The first-order valence-electron chi connectivity index (χ1n) is 9.42. The van der Waals surface area contributed by atoms with Gasteiger partial charge in [-0.15, -0.1) is 11.3 Å². The molecule has 6 heteroatoms. The minimum atomic E-state index is -0.579. The van der Waals surface area contributed by atoms with Gasteiger partial charge in [-0.1, -0.05) is 24.3 Å². The number of thiazole rings is 1. The lowest BCUT2D eigenvalue weighted by Gasteiger charge is -2.02. The van der Waals surface area contributed by atoms with Gasteiger partial charge in [0.2, 0.25) is 5.55 Å². The average molecular weight is 411 g/mol. The summed E-state index contributed by atoms with van der Waals surface area (Å²) in [7, 11) is 0. The number of nitrogens with two attached hydrogens (primary N) is 1. The first-order valence-corrected chi connectivity index (χ1v) is 10.2. The number of primary amides is 1. The van der Waals surface area contributed by atoms with Gasteiger partial charge in [0, 0.05) is 10.9 Å². The monoisotopic (exact) mass is 411 g/mol. The van der Waals surface area contributed by atoms with E-state index in [1.807, 2.05) is 54.6 Å². The van der Waals surface area contributed by atoms with Crippen LogP contribution < -0.4 is 11.3 Å². The van der Waals surface area contributed by atoms with Gasteiger partial charge in [0.15, 0.2) is 0 Å². The minimum absolute atomic E-state index is 0.199. The third kappa shape index (κ3) is 3.38. The molecule has 0 bridgehead atoms. The molecule has 0 aliphatic heterocycles. The smallest absolute Gasteiger partial charge is 0.254 e. The Bertz CT molecular complexity index is 1480. The summed E-state index contributed by atoms with van der Waals surface area (Å²) in [5.74, 6) is -0.579. The molecule has 5 rings (SSSR count). The number of aromatic nitrogens is 1. The van der Waals surface area contributed by atoms with E-state index >= 15 is 0 Å². The van der Waals surface area contributed by atoms with Crippen molar-refractivity contribution in [3.63, 3.8) is 0 Å². The molecule has 0 saturated heterocycles. The first kappa shape index (κ1) is 18.3. The van der Waals surface area contributed by atoms with Crippen molar-refractivity contribution >= 4 is 44.1 Å². The van der Waals surface area contributed by atoms with Gasteiger partial charge in [0.05, 0.1) is 15.9 Å². The quantitative estimate of drug-likeness (QED) is 0.434. The van der Waals surface area contributed by atoms with Crippen molar-refractivity contribution in [1.29, 1.82) is 0 Å². The Kier molecular flexibility index (Phi) is 4.41. The molecule has 0 saturated carbocycles. The van der Waals surface area contributed by atoms with Gasteiger partial charge in [0.25, 0.3) is 5.91 Å². The van der Waals surface area contributed by atoms with Crippen molar-refractivity contribution in [2.45, 2.75) is 6.92 Å². The number of hydrogen-bond acceptors (Lipinski definition) is 5. The molecule has 0 unspecified atom stereocenters. The second-order valence-electron chi connectivity index (χ2n) is 7.02. The van der Waals surface area contributed by atoms with Crippen molar-refractivity contribution < 1.29 is 9.21 Å². The number of hydrogen-bond donors (Lipinski definition) is 1. The number of aryl methyl sites for hydroxylation is 1. The van der Waals surface area contributed by atoms with Crippen LogP contribution in [0.3, 0.4) is 0 Å². The number of fused-ring (bicyclic) bond motifs is 2. The molecule has 3 aromatic carbocycles. The Labute approximate surface area is 176 Å². The van der Waals surface area contributed by atoms with E-state index in [9.17, 15) is 4.79 Å². The lowest BCUT2D eigenvalue weighted by atomic mass is 10.2. The van der Waals surface area contributed by atoms with Gasteiger partial charge in [-0.05, 0) is 61.0 Å². The molecule has 30 heavy (non-hydrogen) atoms. The zero-order chi connectivity index (χ0) is 20.7. The van der Waals surface area contributed by atoms with Crippen molar-refractivity contribution in [1.82, 2.24) is 4.98 Å². The maximum atomic E-state index is 11.9. The topological polar surface area (TPSA) is 81.5 Å². The standard InChI is InChI=1S/C24H17N3O2S/c1-14-6-11-19-21(12-14)30-24(27-19)15-7-9-17(10-8-15)26-23-18(22(25)28)13-16-4-2-3-5-20(16)29-23/h2-13H,1H3,(H2,25,28). The molecule has 0 aliphatic carbocycles. The van der Waals surface area contributed by atoms with Crippen LogP contribution in [0.4, 0.5) is 5.69 Å². The van der Waals surface area contributed by atoms with Crippen LogP contribution in [0.15, 0.2) is 82.2 Å². The van der Waals surface area contributed by atoms with E-state index in [2.05, 4.69) is 24.0 Å². The maximum Gasteiger partial charge on any atom is 0.254 e. The van der Waals surface area contributed by atoms with E-state index in [0.717, 1.165) is 21.5 Å². The summed E-state index contributed by atoms with van der Waals surface area (Å²) in [5.41, 5.74) is 10.5. The summed E-state index contributed by atoms with van der Waals surface area (Å²) >= 11 is 1.66. The number of para-hydroxylation sites is 1. The summed E-state index contributed by atoms with van der Waals surface area (Å²) in [6.07, 6.45) is 0. The van der Waals surface area contributed by atoms with Gasteiger partial charge in [0.1, 0.15) is 16.2 Å². The molecule has 0 atom stereocenters. The molecule has 5 nitrogen and oxygen atoms in total. The van der Waals surface area contributed by atoms with Crippen LogP contribution in [0, 0.1) is 6.92 Å². The molecule has 2 aromatic heterocycles. The third-order valence-electron chi connectivity index (χ3n) is 4.81. The van der Waals surface area contributed by atoms with Gasteiger partial charge >= 0.3 is 0 Å². The molecule has 1 amide bonds. The van der Waals surface area contributed by atoms with E-state index in [4.69, 9.17) is 15.1 Å². The van der Waals surface area contributed by atoms with E-state index in [1.165, 1.54) is 10.3 Å². The van der Waals surface area contributed by atoms with Gasteiger partial charge in [-0.2, -0.15) is 0 Å². The number of carbonyl (C=O) groups is 1. The van der Waals surface area contributed by atoms with Crippen LogP contribution in [0.1, 0.15) is 15.9 Å². The number of rotatable bonds is 3. The Morgan fingerprint density at radius 3 is 2.63 bits per heavy atom. The summed E-state index contributed by atoms with van der Waals surface area (Å²) < 4.78 is 7.01. The molecule has 0 radical (unpaired) electrons. The fourth-order valence-corrected chi connectivity index (χ4v) is 4.35. The lowest BCUT2D eigenvalue weighted by Crippen LogP contribution is -2.21. The van der Waals surface area contributed by atoms with E-state index in [1.54, 1.807) is 17.4 Å². The second-order valence-corrected chi connectivity index (χ2v) is 8.05. The maximum absolute atomic E-state index is 11.9. The summed E-state index contributed by atoms with van der Waals surface area (Å²) in [5, 5.41) is 1.75. The first-order chi connectivity index (χ1) is 14.6. The SMILES string of the molecule is Cc1ccc2nc(-c3ccc(N=c4oc5ccccc5cc4C(N)=O)cc3)sc2c1. The average Bonchev–Trinajstić information content (AvgIpc) is 3.17. The zero-order valence-corrected chi connectivity index (χ0v) is 16.9. The fraction of sp³-hybridized carbons (Fsp3) is 0.0417. The predicted octanol–water partition coefficient (Wildman–Crippen LogP) is 5.35. The van der Waals surface area contributed by atoms with Crippen LogP contribution in [0.2, 0.25) is 0 Å². The molecule has 2 N–H and O–H groups in total. The Morgan fingerprint density at radius 2 is 1.83 bits per heavy atom. The lowest BCUT2D eigenvalue weighted by molar-refractivity contribution is 0.0996. The van der Waals surface area contributed by atoms with Crippen LogP contribution in [0.5, 0.6) is 0 Å². The zero-order valence-electron chi connectivity index (χ0n) is 16.1. The molecule has 2 heterocycles. The highest BCUT2D eigenvalue weighted by molar-refractivity contribution is 7.21. The minimum Gasteiger partial charge on any atom is -0.438 e. The molecule has 0 aliphatic rings. The van der Waals surface area contributed by atoms with E-state index in [-0.39, 0.29) is 11.1 Å². The van der Waals surface area contributed by atoms with Crippen molar-refractivity contribution in [2.75, 3.05) is 0 Å². The van der Waals surface area contributed by atoms with Crippen LogP contribution in [0.25, 0.3) is 31.8 Å². The second kappa shape index (κ2) is 7.24. The van der Waals surface area contributed by atoms with Crippen LogP contribution >= 0.6 is 11.3 Å². The normalized spacial score (nSPS) is 12.0. The molecule has 5 aromatic rings. The largest absolute Gasteiger partial charge is 0.438 e. The van der Waals surface area contributed by atoms with Gasteiger partial charge in [-0.25, -0.2) is 9.98 Å². The molecule has 0 spiro atoms. The van der Waals surface area contributed by atoms with Crippen molar-refractivity contribution in [2.24, 2.45) is 10.7 Å². The number of benzene rings is 3. The van der Waals surface area contributed by atoms with E-state index < -0.39 is 5.91 Å². The summed E-state index contributed by atoms with van der Waals surface area (Å²) in [6.45, 7) is 2.08. The molecule has 0 fully saturated rings. The number of nitrogens with zero attached hydrogens (tertiary/aromatic N) is 2. The highest BCUT2D eigenvalue weighted by Crippen LogP contribution is 2.31. The van der Waals surface area contributed by atoms with Crippen molar-refractivity contribution in [3.05, 3.63) is 89.5 Å². The third-order valence-corrected chi connectivity index (χ3v) is 5.88. The Hall–Kier alpha value is -3.77. The highest BCUT2D eigenvalue weighted by Gasteiger charge is 2.10. The molecular formula is C24H17N3O2S. The van der Waals surface area contributed by atoms with Crippen LogP contribution in [-0.4, -0.2) is 10.9 Å². The highest BCUT2D eigenvalue weighted by atomic mass is 32.1. The van der Waals surface area contributed by atoms with Gasteiger partial charge < -0.3 is 10.2 Å². The Balaban J connectivity index is 1.56. The predicted molar refractivity (Wildman–Crippen MR) is 120 cm³/mol.